The van der Waals surface area contributed by atoms with E-state index in [9.17, 15) is 39.9 Å². The van der Waals surface area contributed by atoms with E-state index >= 15 is 0 Å². The summed E-state index contributed by atoms with van der Waals surface area (Å²) in [6.45, 7) is 0. The van der Waals surface area contributed by atoms with E-state index in [-0.39, 0.29) is 5.75 Å². The third-order valence-corrected chi connectivity index (χ3v) is 4.02. The first kappa shape index (κ1) is 17.6. The molecule has 0 fully saturated rings. The van der Waals surface area contributed by atoms with Crippen LogP contribution in [0.25, 0.3) is 0 Å². The third-order valence-electron chi connectivity index (χ3n) is 4.02. The molecule has 0 aliphatic heterocycles. The van der Waals surface area contributed by atoms with Gasteiger partial charge in [-0.2, -0.15) is 0 Å². The molecule has 0 radical (unpaired) electrons. The Morgan fingerprint density at radius 3 is 1.37 bits per heavy atom. The standard InChI is InChI=1S/C15H7N3O9/c1-27-9-5-4-8(18(25)26)12-13(9)15(20)11-7(17(23)24)3-2-6(16(21)22)10(11)14(12)19/h2-5H,1H3. The maximum atomic E-state index is 12.9. The van der Waals surface area contributed by atoms with Gasteiger partial charge in [0.2, 0.25) is 11.6 Å². The van der Waals surface area contributed by atoms with Gasteiger partial charge in [-0.1, -0.05) is 0 Å². The molecule has 1 aliphatic rings. The lowest BCUT2D eigenvalue weighted by Gasteiger charge is -2.19. The van der Waals surface area contributed by atoms with Gasteiger partial charge in [-0.3, -0.25) is 39.9 Å². The van der Waals surface area contributed by atoms with Crippen LogP contribution in [0.3, 0.4) is 0 Å². The van der Waals surface area contributed by atoms with Crippen LogP contribution in [0.5, 0.6) is 5.75 Å². The van der Waals surface area contributed by atoms with Crippen molar-refractivity contribution in [1.82, 2.24) is 0 Å². The van der Waals surface area contributed by atoms with Crippen LogP contribution >= 0.6 is 0 Å². The van der Waals surface area contributed by atoms with Crippen molar-refractivity contribution in [1.29, 1.82) is 0 Å². The number of carbonyl (C=O) groups excluding carboxylic acids is 2. The quantitative estimate of drug-likeness (QED) is 0.490. The SMILES string of the molecule is COc1ccc([N+](=O)[O-])c2c1C(=O)c1c([N+](=O)[O-])ccc([N+](=O)[O-])c1C2=O. The predicted molar refractivity (Wildman–Crippen MR) is 86.3 cm³/mol. The Kier molecular flexibility index (Phi) is 3.87. The van der Waals surface area contributed by atoms with E-state index < -0.39 is 65.7 Å². The molecule has 27 heavy (non-hydrogen) atoms. The molecule has 2 aromatic rings. The van der Waals surface area contributed by atoms with E-state index in [2.05, 4.69) is 0 Å². The number of ketones is 2. The molecular weight excluding hydrogens is 366 g/mol. The van der Waals surface area contributed by atoms with Crippen molar-refractivity contribution < 1.29 is 29.1 Å². The second-order valence-corrected chi connectivity index (χ2v) is 5.32. The number of nitrogens with zero attached hydrogens (tertiary/aromatic N) is 3. The van der Waals surface area contributed by atoms with Gasteiger partial charge < -0.3 is 4.74 Å². The van der Waals surface area contributed by atoms with Crippen LogP contribution < -0.4 is 4.74 Å². The first-order valence-electron chi connectivity index (χ1n) is 7.11. The minimum atomic E-state index is -1.24. The Balaban J connectivity index is 2.51. The summed E-state index contributed by atoms with van der Waals surface area (Å²) in [6, 6.07) is 3.42. The molecular formula is C15H7N3O9. The lowest BCUT2D eigenvalue weighted by Crippen LogP contribution is -2.25. The van der Waals surface area contributed by atoms with Crippen molar-refractivity contribution in [2.45, 2.75) is 0 Å². The minimum absolute atomic E-state index is 0.222. The van der Waals surface area contributed by atoms with Gasteiger partial charge in [0.1, 0.15) is 22.4 Å². The Labute approximate surface area is 148 Å². The average Bonchev–Trinajstić information content (AvgIpc) is 2.63. The van der Waals surface area contributed by atoms with Crippen LogP contribution in [-0.2, 0) is 0 Å². The summed E-state index contributed by atoms with van der Waals surface area (Å²) in [4.78, 5) is 56.8. The monoisotopic (exact) mass is 373 g/mol. The fourth-order valence-electron chi connectivity index (χ4n) is 2.94. The molecule has 0 spiro atoms. The zero-order chi connectivity index (χ0) is 20.0. The second-order valence-electron chi connectivity index (χ2n) is 5.32. The number of rotatable bonds is 4. The Hall–Kier alpha value is -4.22. The topological polar surface area (TPSA) is 173 Å². The third kappa shape index (κ3) is 2.38. The normalized spacial score (nSPS) is 12.2. The van der Waals surface area contributed by atoms with Gasteiger partial charge in [0.25, 0.3) is 17.1 Å². The molecule has 0 atom stereocenters. The summed E-state index contributed by atoms with van der Waals surface area (Å²) in [5.41, 5.74) is -5.37. The molecule has 12 heteroatoms. The summed E-state index contributed by atoms with van der Waals surface area (Å²) < 4.78 is 4.96. The van der Waals surface area contributed by atoms with Gasteiger partial charge in [0.05, 0.1) is 27.4 Å². The lowest BCUT2D eigenvalue weighted by atomic mass is 9.81. The molecule has 0 heterocycles. The number of nitro benzene ring substituents is 3. The zero-order valence-corrected chi connectivity index (χ0v) is 13.3. The van der Waals surface area contributed by atoms with Crippen molar-refractivity contribution in [2.24, 2.45) is 0 Å². The molecule has 0 N–H and O–H groups in total. The molecule has 0 bridgehead atoms. The minimum Gasteiger partial charge on any atom is -0.496 e. The largest absolute Gasteiger partial charge is 0.496 e. The Morgan fingerprint density at radius 2 is 1.00 bits per heavy atom. The van der Waals surface area contributed by atoms with Crippen LogP contribution in [0.15, 0.2) is 24.3 Å². The molecule has 3 rings (SSSR count). The highest BCUT2D eigenvalue weighted by Gasteiger charge is 2.45. The number of nitro groups is 3. The summed E-state index contributed by atoms with van der Waals surface area (Å²) in [7, 11) is 1.14. The van der Waals surface area contributed by atoms with E-state index in [4.69, 9.17) is 4.74 Å². The van der Waals surface area contributed by atoms with E-state index in [0.29, 0.717) is 6.07 Å². The van der Waals surface area contributed by atoms with Crippen molar-refractivity contribution >= 4 is 28.6 Å². The van der Waals surface area contributed by atoms with Crippen LogP contribution in [0, 0.1) is 30.3 Å². The zero-order valence-electron chi connectivity index (χ0n) is 13.3. The van der Waals surface area contributed by atoms with Crippen LogP contribution in [0.1, 0.15) is 31.8 Å². The highest BCUT2D eigenvalue weighted by Crippen LogP contribution is 2.43. The molecule has 136 valence electrons. The fraction of sp³-hybridized carbons (Fsp3) is 0.0667. The van der Waals surface area contributed by atoms with Crippen molar-refractivity contribution in [3.63, 3.8) is 0 Å². The Bertz CT molecular complexity index is 1090. The molecule has 0 saturated carbocycles. The summed E-state index contributed by atoms with van der Waals surface area (Å²) in [6.07, 6.45) is 0. The number of carbonyl (C=O) groups is 2. The van der Waals surface area contributed by atoms with Crippen LogP contribution in [0.4, 0.5) is 17.1 Å². The molecule has 2 aromatic carbocycles. The number of benzene rings is 2. The summed E-state index contributed by atoms with van der Waals surface area (Å²) >= 11 is 0. The van der Waals surface area contributed by atoms with Gasteiger partial charge in [0, 0.05) is 18.2 Å². The van der Waals surface area contributed by atoms with Gasteiger partial charge in [0.15, 0.2) is 0 Å². The van der Waals surface area contributed by atoms with Crippen molar-refractivity contribution in [3.05, 3.63) is 76.9 Å². The predicted octanol–water partition coefficient (Wildman–Crippen LogP) is 2.20. The highest BCUT2D eigenvalue weighted by atomic mass is 16.6. The first-order chi connectivity index (χ1) is 12.7. The molecule has 12 nitrogen and oxygen atoms in total. The summed E-state index contributed by atoms with van der Waals surface area (Å²) in [5.74, 6) is -2.60. The molecule has 0 saturated heterocycles. The number of fused-ring (bicyclic) bond motifs is 2. The van der Waals surface area contributed by atoms with Gasteiger partial charge in [-0.25, -0.2) is 0 Å². The molecule has 0 aromatic heterocycles. The number of hydrogen-bond acceptors (Lipinski definition) is 9. The lowest BCUT2D eigenvalue weighted by molar-refractivity contribution is -0.389. The van der Waals surface area contributed by atoms with E-state index in [0.717, 1.165) is 25.3 Å². The number of methoxy groups -OCH3 is 1. The maximum Gasteiger partial charge on any atom is 0.281 e. The average molecular weight is 373 g/mol. The first-order valence-corrected chi connectivity index (χ1v) is 7.11. The maximum absolute atomic E-state index is 12.9. The van der Waals surface area contributed by atoms with Gasteiger partial charge >= 0.3 is 0 Å². The van der Waals surface area contributed by atoms with E-state index in [1.165, 1.54) is 0 Å². The van der Waals surface area contributed by atoms with Crippen LogP contribution in [-0.4, -0.2) is 33.4 Å². The number of ether oxygens (including phenoxy) is 1. The van der Waals surface area contributed by atoms with Gasteiger partial charge in [-0.15, -0.1) is 0 Å². The Morgan fingerprint density at radius 1 is 0.667 bits per heavy atom. The van der Waals surface area contributed by atoms with Gasteiger partial charge in [-0.05, 0) is 6.07 Å². The van der Waals surface area contributed by atoms with Crippen molar-refractivity contribution in [2.75, 3.05) is 7.11 Å². The molecule has 0 amide bonds. The van der Waals surface area contributed by atoms with E-state index in [1.54, 1.807) is 0 Å². The smallest absolute Gasteiger partial charge is 0.281 e. The van der Waals surface area contributed by atoms with Crippen molar-refractivity contribution in [3.8, 4) is 5.75 Å². The summed E-state index contributed by atoms with van der Waals surface area (Å²) in [5, 5.41) is 33.8. The number of hydrogen-bond donors (Lipinski definition) is 0. The molecule has 0 unspecified atom stereocenters. The van der Waals surface area contributed by atoms with Crippen LogP contribution in [0.2, 0.25) is 0 Å². The highest BCUT2D eigenvalue weighted by molar-refractivity contribution is 6.33. The fourth-order valence-corrected chi connectivity index (χ4v) is 2.94. The molecule has 1 aliphatic carbocycles. The van der Waals surface area contributed by atoms with E-state index in [1.807, 2.05) is 0 Å². The second kappa shape index (κ2) is 5.94.